The Bertz CT molecular complexity index is 909. The van der Waals surface area contributed by atoms with Crippen molar-refractivity contribution < 1.29 is 14.3 Å². The zero-order valence-corrected chi connectivity index (χ0v) is 16.6. The fourth-order valence-electron chi connectivity index (χ4n) is 4.02. The molecule has 2 N–H and O–H groups in total. The van der Waals surface area contributed by atoms with E-state index >= 15 is 0 Å². The van der Waals surface area contributed by atoms with Crippen LogP contribution in [0.4, 0.5) is 10.5 Å². The number of carbonyl (C=O) groups is 2. The number of nitrogens with zero attached hydrogens (tertiary/aromatic N) is 2. The summed E-state index contributed by atoms with van der Waals surface area (Å²) in [5.74, 6) is 0.958. The van der Waals surface area contributed by atoms with E-state index in [1.54, 1.807) is 25.4 Å². The summed E-state index contributed by atoms with van der Waals surface area (Å²) in [7, 11) is 1.56. The zero-order valence-electron chi connectivity index (χ0n) is 16.6. The molecule has 7 heteroatoms. The fraction of sp³-hybridized carbons (Fsp3) is 0.409. The quantitative estimate of drug-likeness (QED) is 0.829. The van der Waals surface area contributed by atoms with Crippen molar-refractivity contribution in [3.05, 3.63) is 47.8 Å². The van der Waals surface area contributed by atoms with Crippen LogP contribution in [0.1, 0.15) is 48.2 Å². The van der Waals surface area contributed by atoms with Crippen LogP contribution in [-0.2, 0) is 6.42 Å². The first kappa shape index (κ1) is 19.2. The number of amides is 3. The van der Waals surface area contributed by atoms with Crippen LogP contribution in [0.5, 0.6) is 11.5 Å². The second kappa shape index (κ2) is 8.51. The Morgan fingerprint density at radius 3 is 2.69 bits per heavy atom. The molecule has 1 fully saturated rings. The van der Waals surface area contributed by atoms with Gasteiger partial charge in [-0.05, 0) is 49.1 Å². The number of rotatable bonds is 4. The molecule has 1 aliphatic carbocycles. The van der Waals surface area contributed by atoms with E-state index in [-0.39, 0.29) is 11.9 Å². The molecule has 0 saturated heterocycles. The van der Waals surface area contributed by atoms with E-state index in [1.807, 2.05) is 23.1 Å². The highest BCUT2D eigenvalue weighted by Crippen LogP contribution is 2.33. The second-order valence-corrected chi connectivity index (χ2v) is 7.53. The number of benzene rings is 1. The first-order valence-electron chi connectivity index (χ1n) is 10.2. The number of pyridine rings is 1. The molecule has 0 unspecified atom stereocenters. The summed E-state index contributed by atoms with van der Waals surface area (Å²) < 4.78 is 5.92. The monoisotopic (exact) mass is 394 g/mol. The SMILES string of the molecule is CNC(=O)c1cc(Oc2ccc3c(c2)CCN3C(=O)NC2CCCCC2)ccn1. The van der Waals surface area contributed by atoms with Gasteiger partial charge >= 0.3 is 6.03 Å². The molecule has 4 rings (SSSR count). The van der Waals surface area contributed by atoms with Gasteiger partial charge in [-0.3, -0.25) is 14.7 Å². The zero-order chi connectivity index (χ0) is 20.2. The van der Waals surface area contributed by atoms with Crippen molar-refractivity contribution in [3.63, 3.8) is 0 Å². The molecule has 1 aromatic carbocycles. The summed E-state index contributed by atoms with van der Waals surface area (Å²) in [5, 5.41) is 5.74. The molecule has 2 aromatic rings. The lowest BCUT2D eigenvalue weighted by Gasteiger charge is -2.26. The number of hydrogen-bond donors (Lipinski definition) is 2. The normalized spacial score (nSPS) is 16.2. The summed E-state index contributed by atoms with van der Waals surface area (Å²) in [5.41, 5.74) is 2.32. The number of aromatic nitrogens is 1. The van der Waals surface area contributed by atoms with Crippen molar-refractivity contribution in [1.29, 1.82) is 0 Å². The first-order chi connectivity index (χ1) is 14.1. The molecule has 152 valence electrons. The van der Waals surface area contributed by atoms with Crippen LogP contribution < -0.4 is 20.3 Å². The van der Waals surface area contributed by atoms with Crippen molar-refractivity contribution in [2.24, 2.45) is 0 Å². The van der Waals surface area contributed by atoms with Crippen LogP contribution >= 0.6 is 0 Å². The third-order valence-corrected chi connectivity index (χ3v) is 5.55. The standard InChI is InChI=1S/C22H26N4O3/c1-23-21(27)19-14-18(9-11-24-19)29-17-7-8-20-15(13-17)10-12-26(20)22(28)25-16-5-3-2-4-6-16/h7-9,11,13-14,16H,2-6,10,12H2,1H3,(H,23,27)(H,25,28). The molecule has 2 aliphatic rings. The topological polar surface area (TPSA) is 83.6 Å². The van der Waals surface area contributed by atoms with Gasteiger partial charge in [0, 0.05) is 37.6 Å². The lowest BCUT2D eigenvalue weighted by atomic mass is 9.96. The van der Waals surface area contributed by atoms with E-state index in [9.17, 15) is 9.59 Å². The summed E-state index contributed by atoms with van der Waals surface area (Å²) >= 11 is 0. The Morgan fingerprint density at radius 2 is 1.90 bits per heavy atom. The van der Waals surface area contributed by atoms with Crippen LogP contribution in [0, 0.1) is 0 Å². The summed E-state index contributed by atoms with van der Waals surface area (Å²) in [6.07, 6.45) is 8.14. The Hall–Kier alpha value is -3.09. The number of carbonyl (C=O) groups excluding carboxylic acids is 2. The first-order valence-corrected chi connectivity index (χ1v) is 10.2. The third kappa shape index (κ3) is 4.34. The predicted octanol–water partition coefficient (Wildman–Crippen LogP) is 3.64. The molecular formula is C22H26N4O3. The molecule has 2 heterocycles. The minimum atomic E-state index is -0.260. The summed E-state index contributed by atoms with van der Waals surface area (Å²) in [6, 6.07) is 9.35. The third-order valence-electron chi connectivity index (χ3n) is 5.55. The minimum Gasteiger partial charge on any atom is -0.457 e. The van der Waals surface area contributed by atoms with Gasteiger partial charge in [0.1, 0.15) is 17.2 Å². The molecule has 29 heavy (non-hydrogen) atoms. The number of anilines is 1. The largest absolute Gasteiger partial charge is 0.457 e. The second-order valence-electron chi connectivity index (χ2n) is 7.53. The van der Waals surface area contributed by atoms with E-state index in [4.69, 9.17) is 4.74 Å². The maximum Gasteiger partial charge on any atom is 0.322 e. The molecule has 0 bridgehead atoms. The van der Waals surface area contributed by atoms with Crippen molar-refractivity contribution >= 4 is 17.6 Å². The van der Waals surface area contributed by atoms with Crippen LogP contribution in [0.2, 0.25) is 0 Å². The molecular weight excluding hydrogens is 368 g/mol. The van der Waals surface area contributed by atoms with Crippen LogP contribution in [0.3, 0.4) is 0 Å². The van der Waals surface area contributed by atoms with E-state index in [2.05, 4.69) is 15.6 Å². The molecule has 0 spiro atoms. The molecule has 0 radical (unpaired) electrons. The van der Waals surface area contributed by atoms with Crippen LogP contribution in [-0.4, -0.2) is 36.6 Å². The smallest absolute Gasteiger partial charge is 0.322 e. The molecule has 7 nitrogen and oxygen atoms in total. The molecule has 1 aromatic heterocycles. The maximum absolute atomic E-state index is 12.7. The van der Waals surface area contributed by atoms with Gasteiger partial charge in [0.05, 0.1) is 0 Å². The number of fused-ring (bicyclic) bond motifs is 1. The highest BCUT2D eigenvalue weighted by molar-refractivity contribution is 5.94. The predicted molar refractivity (Wildman–Crippen MR) is 111 cm³/mol. The van der Waals surface area contributed by atoms with Gasteiger partial charge in [0.2, 0.25) is 0 Å². The highest BCUT2D eigenvalue weighted by Gasteiger charge is 2.27. The lowest BCUT2D eigenvalue weighted by molar-refractivity contribution is 0.0958. The Balaban J connectivity index is 1.44. The van der Waals surface area contributed by atoms with Gasteiger partial charge in [0.25, 0.3) is 5.91 Å². The van der Waals surface area contributed by atoms with Gasteiger partial charge in [-0.1, -0.05) is 19.3 Å². The molecule has 1 saturated carbocycles. The highest BCUT2D eigenvalue weighted by atomic mass is 16.5. The maximum atomic E-state index is 12.7. The number of nitrogens with one attached hydrogen (secondary N) is 2. The van der Waals surface area contributed by atoms with Gasteiger partial charge in [-0.25, -0.2) is 4.79 Å². The van der Waals surface area contributed by atoms with Gasteiger partial charge < -0.3 is 15.4 Å². The van der Waals surface area contributed by atoms with Crippen LogP contribution in [0.15, 0.2) is 36.5 Å². The molecule has 0 atom stereocenters. The van der Waals surface area contributed by atoms with E-state index in [0.717, 1.165) is 30.5 Å². The number of urea groups is 1. The van der Waals surface area contributed by atoms with E-state index in [0.29, 0.717) is 29.8 Å². The summed E-state index contributed by atoms with van der Waals surface area (Å²) in [6.45, 7) is 0.674. The van der Waals surface area contributed by atoms with Crippen molar-refractivity contribution in [2.75, 3.05) is 18.5 Å². The Labute approximate surface area is 170 Å². The van der Waals surface area contributed by atoms with Gasteiger partial charge in [0.15, 0.2) is 0 Å². The molecule has 1 aliphatic heterocycles. The van der Waals surface area contributed by atoms with E-state index < -0.39 is 0 Å². The van der Waals surface area contributed by atoms with Crippen molar-refractivity contribution in [2.45, 2.75) is 44.6 Å². The number of ether oxygens (including phenoxy) is 1. The van der Waals surface area contributed by atoms with Crippen molar-refractivity contribution in [3.8, 4) is 11.5 Å². The summed E-state index contributed by atoms with van der Waals surface area (Å²) in [4.78, 5) is 30.3. The average Bonchev–Trinajstić information content (AvgIpc) is 3.17. The molecule has 3 amide bonds. The minimum absolute atomic E-state index is 0.00586. The average molecular weight is 394 g/mol. The fourth-order valence-corrected chi connectivity index (χ4v) is 4.02. The Morgan fingerprint density at radius 1 is 1.10 bits per heavy atom. The van der Waals surface area contributed by atoms with Gasteiger partial charge in [-0.15, -0.1) is 0 Å². The van der Waals surface area contributed by atoms with Gasteiger partial charge in [-0.2, -0.15) is 0 Å². The lowest BCUT2D eigenvalue weighted by Crippen LogP contribution is -2.45. The van der Waals surface area contributed by atoms with Crippen LogP contribution in [0.25, 0.3) is 0 Å². The Kier molecular flexibility index (Phi) is 5.64. The van der Waals surface area contributed by atoms with E-state index in [1.165, 1.54) is 19.3 Å². The number of hydrogen-bond acceptors (Lipinski definition) is 4. The van der Waals surface area contributed by atoms with Crippen molar-refractivity contribution in [1.82, 2.24) is 15.6 Å².